The Balaban J connectivity index is 3.14. The van der Waals surface area contributed by atoms with Crippen LogP contribution in [0.25, 0.3) is 0 Å². The Morgan fingerprint density at radius 3 is 2.67 bits per heavy atom. The van der Waals surface area contributed by atoms with Crippen LogP contribution in [-0.4, -0.2) is 7.05 Å². The molecule has 1 aromatic rings. The average molecular weight is 192 g/mol. The molecule has 66 valence electrons. The molecule has 1 N–H and O–H groups in total. The Labute approximate surface area is 74.3 Å². The molecule has 0 aliphatic carbocycles. The van der Waals surface area contributed by atoms with Crippen molar-refractivity contribution in [2.75, 3.05) is 7.05 Å². The second-order valence-electron chi connectivity index (χ2n) is 2.35. The monoisotopic (exact) mass is 191 g/mol. The van der Waals surface area contributed by atoms with E-state index in [1.165, 1.54) is 6.07 Å². The van der Waals surface area contributed by atoms with Crippen LogP contribution < -0.4 is 5.32 Å². The Bertz CT molecular complexity index is 289. The maximum absolute atomic E-state index is 13.0. The first-order valence-corrected chi connectivity index (χ1v) is 3.81. The molecule has 0 bridgehead atoms. The summed E-state index contributed by atoms with van der Waals surface area (Å²) in [6.07, 6.45) is 0. The summed E-state index contributed by atoms with van der Waals surface area (Å²) < 4.78 is 25.9. The van der Waals surface area contributed by atoms with Gasteiger partial charge in [-0.2, -0.15) is 0 Å². The van der Waals surface area contributed by atoms with Crippen LogP contribution in [0.2, 0.25) is 5.02 Å². The van der Waals surface area contributed by atoms with Crippen molar-refractivity contribution in [1.82, 2.24) is 5.32 Å². The molecular formula is C8H8ClF2N. The molecule has 0 amide bonds. The van der Waals surface area contributed by atoms with Gasteiger partial charge in [0.25, 0.3) is 0 Å². The number of rotatable bonds is 2. The molecule has 0 saturated carbocycles. The standard InChI is InChI=1S/C8H8ClF2N/c1-12-4-5-7(10)3-2-6(9)8(5)11/h2-3,12H,4H2,1H3. The van der Waals surface area contributed by atoms with Gasteiger partial charge in [0, 0.05) is 12.1 Å². The highest BCUT2D eigenvalue weighted by Gasteiger charge is 2.10. The molecule has 0 aliphatic heterocycles. The van der Waals surface area contributed by atoms with Crippen LogP contribution >= 0.6 is 11.6 Å². The van der Waals surface area contributed by atoms with Crippen molar-refractivity contribution in [3.8, 4) is 0 Å². The third-order valence-corrected chi connectivity index (χ3v) is 1.78. The summed E-state index contributed by atoms with van der Waals surface area (Å²) in [5.74, 6) is -1.27. The van der Waals surface area contributed by atoms with Crippen LogP contribution in [0.3, 0.4) is 0 Å². The lowest BCUT2D eigenvalue weighted by Crippen LogP contribution is -2.09. The van der Waals surface area contributed by atoms with E-state index < -0.39 is 11.6 Å². The highest BCUT2D eigenvalue weighted by molar-refractivity contribution is 6.30. The van der Waals surface area contributed by atoms with E-state index in [1.54, 1.807) is 7.05 Å². The quantitative estimate of drug-likeness (QED) is 0.708. The predicted octanol–water partition coefficient (Wildman–Crippen LogP) is 2.34. The zero-order chi connectivity index (χ0) is 9.14. The van der Waals surface area contributed by atoms with Gasteiger partial charge in [-0.1, -0.05) is 11.6 Å². The summed E-state index contributed by atoms with van der Waals surface area (Å²) in [5.41, 5.74) is -0.0231. The second-order valence-corrected chi connectivity index (χ2v) is 2.76. The zero-order valence-electron chi connectivity index (χ0n) is 6.50. The summed E-state index contributed by atoms with van der Waals surface area (Å²) in [7, 11) is 1.61. The van der Waals surface area contributed by atoms with Crippen molar-refractivity contribution in [2.45, 2.75) is 6.54 Å². The smallest absolute Gasteiger partial charge is 0.149 e. The molecule has 0 aliphatic rings. The second kappa shape index (κ2) is 3.83. The topological polar surface area (TPSA) is 12.0 Å². The molecule has 0 saturated heterocycles. The lowest BCUT2D eigenvalue weighted by molar-refractivity contribution is 0.546. The summed E-state index contributed by atoms with van der Waals surface area (Å²) in [4.78, 5) is 0. The largest absolute Gasteiger partial charge is 0.315 e. The third kappa shape index (κ3) is 1.73. The van der Waals surface area contributed by atoms with Crippen molar-refractivity contribution < 1.29 is 8.78 Å². The first kappa shape index (κ1) is 9.42. The van der Waals surface area contributed by atoms with E-state index >= 15 is 0 Å². The van der Waals surface area contributed by atoms with Crippen molar-refractivity contribution in [3.63, 3.8) is 0 Å². The molecule has 0 spiro atoms. The summed E-state index contributed by atoms with van der Waals surface area (Å²) in [6, 6.07) is 2.35. The molecular weight excluding hydrogens is 184 g/mol. The molecule has 0 atom stereocenters. The molecule has 0 heterocycles. The molecule has 12 heavy (non-hydrogen) atoms. The molecule has 1 rings (SSSR count). The average Bonchev–Trinajstić information content (AvgIpc) is 2.06. The Hall–Kier alpha value is -0.670. The van der Waals surface area contributed by atoms with Gasteiger partial charge in [-0.3, -0.25) is 0 Å². The maximum atomic E-state index is 13.0. The minimum absolute atomic E-state index is 0.0231. The maximum Gasteiger partial charge on any atom is 0.149 e. The van der Waals surface area contributed by atoms with Crippen LogP contribution in [-0.2, 0) is 6.54 Å². The summed E-state index contributed by atoms with van der Waals surface area (Å²) in [6.45, 7) is 0.137. The number of hydrogen-bond donors (Lipinski definition) is 1. The van der Waals surface area contributed by atoms with E-state index in [0.717, 1.165) is 6.07 Å². The van der Waals surface area contributed by atoms with Gasteiger partial charge in [-0.15, -0.1) is 0 Å². The Morgan fingerprint density at radius 2 is 2.08 bits per heavy atom. The number of benzene rings is 1. The van der Waals surface area contributed by atoms with Gasteiger partial charge >= 0.3 is 0 Å². The van der Waals surface area contributed by atoms with Crippen LogP contribution in [0.5, 0.6) is 0 Å². The van der Waals surface area contributed by atoms with Crippen molar-refractivity contribution >= 4 is 11.6 Å². The fraction of sp³-hybridized carbons (Fsp3) is 0.250. The van der Waals surface area contributed by atoms with Gasteiger partial charge in [-0.05, 0) is 19.2 Å². The van der Waals surface area contributed by atoms with E-state index in [-0.39, 0.29) is 17.1 Å². The van der Waals surface area contributed by atoms with Gasteiger partial charge in [0.15, 0.2) is 0 Å². The minimum atomic E-state index is -0.689. The van der Waals surface area contributed by atoms with E-state index in [2.05, 4.69) is 5.32 Å². The molecule has 0 aromatic heterocycles. The Morgan fingerprint density at radius 1 is 1.42 bits per heavy atom. The lowest BCUT2D eigenvalue weighted by atomic mass is 10.2. The number of nitrogens with one attached hydrogen (secondary N) is 1. The van der Waals surface area contributed by atoms with Crippen LogP contribution in [0.1, 0.15) is 5.56 Å². The minimum Gasteiger partial charge on any atom is -0.315 e. The van der Waals surface area contributed by atoms with Crippen molar-refractivity contribution in [1.29, 1.82) is 0 Å². The van der Waals surface area contributed by atoms with Crippen LogP contribution in [0, 0.1) is 11.6 Å². The lowest BCUT2D eigenvalue weighted by Gasteiger charge is -2.04. The molecule has 1 nitrogen and oxygen atoms in total. The van der Waals surface area contributed by atoms with E-state index in [0.29, 0.717) is 0 Å². The summed E-state index contributed by atoms with van der Waals surface area (Å²) >= 11 is 5.45. The third-order valence-electron chi connectivity index (χ3n) is 1.49. The highest BCUT2D eigenvalue weighted by Crippen LogP contribution is 2.20. The fourth-order valence-electron chi connectivity index (χ4n) is 0.908. The van der Waals surface area contributed by atoms with Gasteiger partial charge in [0.05, 0.1) is 5.02 Å². The van der Waals surface area contributed by atoms with Gasteiger partial charge < -0.3 is 5.32 Å². The first-order chi connectivity index (χ1) is 5.66. The van der Waals surface area contributed by atoms with Crippen LogP contribution in [0.4, 0.5) is 8.78 Å². The molecule has 4 heteroatoms. The van der Waals surface area contributed by atoms with Gasteiger partial charge in [-0.25, -0.2) is 8.78 Å². The number of halogens is 3. The van der Waals surface area contributed by atoms with Gasteiger partial charge in [0.2, 0.25) is 0 Å². The molecule has 0 radical (unpaired) electrons. The van der Waals surface area contributed by atoms with E-state index in [9.17, 15) is 8.78 Å². The normalized spacial score (nSPS) is 10.3. The van der Waals surface area contributed by atoms with Crippen LogP contribution in [0.15, 0.2) is 12.1 Å². The predicted molar refractivity (Wildman–Crippen MR) is 44.1 cm³/mol. The van der Waals surface area contributed by atoms with E-state index in [4.69, 9.17) is 11.6 Å². The van der Waals surface area contributed by atoms with Gasteiger partial charge in [0.1, 0.15) is 11.6 Å². The number of hydrogen-bond acceptors (Lipinski definition) is 1. The van der Waals surface area contributed by atoms with Crippen molar-refractivity contribution in [2.24, 2.45) is 0 Å². The summed E-state index contributed by atoms with van der Waals surface area (Å²) in [5, 5.41) is 2.60. The first-order valence-electron chi connectivity index (χ1n) is 3.43. The molecule has 1 aromatic carbocycles. The SMILES string of the molecule is CNCc1c(F)ccc(Cl)c1F. The molecule has 0 fully saturated rings. The van der Waals surface area contributed by atoms with Crippen molar-refractivity contribution in [3.05, 3.63) is 34.4 Å². The fourth-order valence-corrected chi connectivity index (χ4v) is 1.08. The molecule has 0 unspecified atom stereocenters. The van der Waals surface area contributed by atoms with E-state index in [1.807, 2.05) is 0 Å². The Kier molecular flexibility index (Phi) is 3.00. The zero-order valence-corrected chi connectivity index (χ0v) is 7.25. The highest BCUT2D eigenvalue weighted by atomic mass is 35.5.